The van der Waals surface area contributed by atoms with Crippen molar-refractivity contribution in [3.05, 3.63) is 16.4 Å². The first kappa shape index (κ1) is 12.9. The van der Waals surface area contributed by atoms with Crippen molar-refractivity contribution in [1.29, 1.82) is 0 Å². The maximum atomic E-state index is 11.3. The molecule has 1 rings (SSSR count). The van der Waals surface area contributed by atoms with Crippen LogP contribution < -0.4 is 5.76 Å². The predicted octanol–water partition coefficient (Wildman–Crippen LogP) is 0.798. The van der Waals surface area contributed by atoms with Crippen molar-refractivity contribution in [2.45, 2.75) is 39.5 Å². The third kappa shape index (κ3) is 4.16. The van der Waals surface area contributed by atoms with Gasteiger partial charge in [-0.3, -0.25) is 0 Å². The number of methoxy groups -OCH3 is 1. The zero-order chi connectivity index (χ0) is 12.2. The Bertz CT molecular complexity index is 375. The predicted molar refractivity (Wildman–Crippen MR) is 57.2 cm³/mol. The van der Waals surface area contributed by atoms with Gasteiger partial charge in [-0.1, -0.05) is 0 Å². The van der Waals surface area contributed by atoms with E-state index in [2.05, 4.69) is 5.10 Å². The molecule has 6 heteroatoms. The van der Waals surface area contributed by atoms with E-state index in [1.165, 1.54) is 11.8 Å². The minimum Gasteiger partial charge on any atom is -0.390 e. The van der Waals surface area contributed by atoms with Crippen LogP contribution in [0.4, 0.5) is 0 Å². The standard InChI is InChI=1S/C10H18N2O4/c1-10(2,3)15-6-5-12-9(13)16-8(11-12)7-14-4/h5-7H2,1-4H3. The van der Waals surface area contributed by atoms with Gasteiger partial charge in [0.1, 0.15) is 6.61 Å². The van der Waals surface area contributed by atoms with Gasteiger partial charge in [0, 0.05) is 7.11 Å². The van der Waals surface area contributed by atoms with Gasteiger partial charge in [0.2, 0.25) is 5.89 Å². The highest BCUT2D eigenvalue weighted by Crippen LogP contribution is 2.05. The molecule has 1 aromatic heterocycles. The molecule has 0 fully saturated rings. The Hall–Kier alpha value is -1.14. The number of ether oxygens (including phenoxy) is 2. The molecule has 0 spiro atoms. The Morgan fingerprint density at radius 2 is 2.12 bits per heavy atom. The van der Waals surface area contributed by atoms with Crippen molar-refractivity contribution < 1.29 is 13.9 Å². The molecule has 0 amide bonds. The Balaban J connectivity index is 2.51. The molecular formula is C10H18N2O4. The first-order chi connectivity index (χ1) is 7.42. The van der Waals surface area contributed by atoms with Crippen molar-refractivity contribution in [1.82, 2.24) is 9.78 Å². The largest absolute Gasteiger partial charge is 0.437 e. The zero-order valence-electron chi connectivity index (χ0n) is 10.1. The molecule has 0 aliphatic heterocycles. The number of rotatable bonds is 5. The minimum atomic E-state index is -0.482. The van der Waals surface area contributed by atoms with Crippen LogP contribution in [0.15, 0.2) is 9.21 Å². The summed E-state index contributed by atoms with van der Waals surface area (Å²) in [5.41, 5.74) is -0.220. The fraction of sp³-hybridized carbons (Fsp3) is 0.800. The summed E-state index contributed by atoms with van der Waals surface area (Å²) in [7, 11) is 1.52. The summed E-state index contributed by atoms with van der Waals surface area (Å²) in [6.45, 7) is 6.85. The summed E-state index contributed by atoms with van der Waals surface area (Å²) in [5, 5.41) is 3.95. The van der Waals surface area contributed by atoms with Crippen molar-refractivity contribution in [3.63, 3.8) is 0 Å². The van der Waals surface area contributed by atoms with Crippen LogP contribution >= 0.6 is 0 Å². The van der Waals surface area contributed by atoms with Gasteiger partial charge in [-0.15, -0.1) is 5.10 Å². The van der Waals surface area contributed by atoms with Gasteiger partial charge in [-0.2, -0.15) is 4.68 Å². The summed E-state index contributed by atoms with van der Waals surface area (Å²) >= 11 is 0. The lowest BCUT2D eigenvalue weighted by molar-refractivity contribution is -0.00848. The molecule has 6 nitrogen and oxygen atoms in total. The van der Waals surface area contributed by atoms with Crippen LogP contribution in [-0.2, 0) is 22.6 Å². The fourth-order valence-corrected chi connectivity index (χ4v) is 1.11. The maximum absolute atomic E-state index is 11.3. The molecule has 0 aliphatic carbocycles. The Morgan fingerprint density at radius 1 is 1.44 bits per heavy atom. The van der Waals surface area contributed by atoms with Crippen molar-refractivity contribution in [2.75, 3.05) is 13.7 Å². The normalized spacial score (nSPS) is 12.0. The van der Waals surface area contributed by atoms with E-state index in [1.54, 1.807) is 0 Å². The van der Waals surface area contributed by atoms with Crippen LogP contribution in [0, 0.1) is 0 Å². The first-order valence-electron chi connectivity index (χ1n) is 5.12. The molecule has 0 saturated carbocycles. The highest BCUT2D eigenvalue weighted by Gasteiger charge is 2.11. The molecule has 0 bridgehead atoms. The highest BCUT2D eigenvalue weighted by molar-refractivity contribution is 4.71. The molecule has 0 aliphatic rings. The molecule has 0 atom stereocenters. The smallest absolute Gasteiger partial charge is 0.390 e. The van der Waals surface area contributed by atoms with Gasteiger partial charge in [-0.05, 0) is 20.8 Å². The third-order valence-corrected chi connectivity index (χ3v) is 1.75. The van der Waals surface area contributed by atoms with Gasteiger partial charge < -0.3 is 13.9 Å². The second kappa shape index (κ2) is 5.27. The molecular weight excluding hydrogens is 212 g/mol. The van der Waals surface area contributed by atoms with E-state index >= 15 is 0 Å². The van der Waals surface area contributed by atoms with E-state index in [-0.39, 0.29) is 18.1 Å². The van der Waals surface area contributed by atoms with E-state index in [4.69, 9.17) is 13.9 Å². The molecule has 0 unspecified atom stereocenters. The van der Waals surface area contributed by atoms with E-state index < -0.39 is 5.76 Å². The monoisotopic (exact) mass is 230 g/mol. The minimum absolute atomic E-state index is 0.197. The topological polar surface area (TPSA) is 66.5 Å². The Kier molecular flexibility index (Phi) is 4.26. The van der Waals surface area contributed by atoms with E-state index in [0.717, 1.165) is 0 Å². The molecule has 0 saturated heterocycles. The summed E-state index contributed by atoms with van der Waals surface area (Å²) in [6.07, 6.45) is 0. The summed E-state index contributed by atoms with van der Waals surface area (Å²) in [4.78, 5) is 11.3. The molecule has 0 N–H and O–H groups in total. The molecule has 1 heterocycles. The number of aromatic nitrogens is 2. The van der Waals surface area contributed by atoms with Crippen LogP contribution in [0.5, 0.6) is 0 Å². The molecule has 92 valence electrons. The molecule has 0 radical (unpaired) electrons. The molecule has 0 aromatic carbocycles. The number of nitrogens with zero attached hydrogens (tertiary/aromatic N) is 2. The lowest BCUT2D eigenvalue weighted by Crippen LogP contribution is -2.25. The Morgan fingerprint density at radius 3 is 2.69 bits per heavy atom. The van der Waals surface area contributed by atoms with Crippen LogP contribution in [0.1, 0.15) is 26.7 Å². The quantitative estimate of drug-likeness (QED) is 0.748. The third-order valence-electron chi connectivity index (χ3n) is 1.75. The van der Waals surface area contributed by atoms with E-state index in [1.807, 2.05) is 20.8 Å². The van der Waals surface area contributed by atoms with Gasteiger partial charge in [0.05, 0.1) is 18.8 Å². The SMILES string of the molecule is COCc1nn(CCOC(C)(C)C)c(=O)o1. The zero-order valence-corrected chi connectivity index (χ0v) is 10.1. The summed E-state index contributed by atoms with van der Waals surface area (Å²) in [5.74, 6) is -0.201. The molecule has 1 aromatic rings. The summed E-state index contributed by atoms with van der Waals surface area (Å²) < 4.78 is 16.4. The number of hydrogen-bond acceptors (Lipinski definition) is 5. The van der Waals surface area contributed by atoms with Gasteiger partial charge >= 0.3 is 5.76 Å². The van der Waals surface area contributed by atoms with E-state index in [0.29, 0.717) is 13.2 Å². The maximum Gasteiger partial charge on any atom is 0.437 e. The van der Waals surface area contributed by atoms with Crippen LogP contribution in [0.3, 0.4) is 0 Å². The average Bonchev–Trinajstić information content (AvgIpc) is 2.45. The van der Waals surface area contributed by atoms with Crippen molar-refractivity contribution in [3.8, 4) is 0 Å². The lowest BCUT2D eigenvalue weighted by Gasteiger charge is -2.18. The van der Waals surface area contributed by atoms with Crippen LogP contribution in [0.25, 0.3) is 0 Å². The number of hydrogen-bond donors (Lipinski definition) is 0. The Labute approximate surface area is 94.2 Å². The average molecular weight is 230 g/mol. The lowest BCUT2D eigenvalue weighted by atomic mass is 10.2. The summed E-state index contributed by atoms with van der Waals surface area (Å²) in [6, 6.07) is 0. The van der Waals surface area contributed by atoms with Crippen molar-refractivity contribution >= 4 is 0 Å². The van der Waals surface area contributed by atoms with Gasteiger partial charge in [0.15, 0.2) is 0 Å². The van der Waals surface area contributed by atoms with E-state index in [9.17, 15) is 4.79 Å². The first-order valence-corrected chi connectivity index (χ1v) is 5.12. The van der Waals surface area contributed by atoms with Crippen LogP contribution in [0.2, 0.25) is 0 Å². The highest BCUT2D eigenvalue weighted by atomic mass is 16.5. The van der Waals surface area contributed by atoms with Gasteiger partial charge in [-0.25, -0.2) is 4.79 Å². The van der Waals surface area contributed by atoms with Crippen LogP contribution in [-0.4, -0.2) is 29.1 Å². The van der Waals surface area contributed by atoms with Gasteiger partial charge in [0.25, 0.3) is 0 Å². The second-order valence-electron chi connectivity index (χ2n) is 4.38. The van der Waals surface area contributed by atoms with Crippen molar-refractivity contribution in [2.24, 2.45) is 0 Å². The fourth-order valence-electron chi connectivity index (χ4n) is 1.11. The molecule has 16 heavy (non-hydrogen) atoms. The second-order valence-corrected chi connectivity index (χ2v) is 4.38.